The van der Waals surface area contributed by atoms with Crippen molar-refractivity contribution in [1.29, 1.82) is 0 Å². The topological polar surface area (TPSA) is 105 Å². The maximum Gasteiger partial charge on any atom is 0.242 e. The van der Waals surface area contributed by atoms with E-state index in [0.29, 0.717) is 32.0 Å². The molecule has 0 aromatic carbocycles. The summed E-state index contributed by atoms with van der Waals surface area (Å²) in [4.78, 5) is 48.6. The minimum absolute atomic E-state index is 0.00458. The number of hydrogen-bond acceptors (Lipinski definition) is 7. The number of nitrogens with one attached hydrogen (secondary N) is 2. The van der Waals surface area contributed by atoms with E-state index in [1.54, 1.807) is 6.26 Å². The molecule has 2 unspecified atom stereocenters. The second-order valence-electron chi connectivity index (χ2n) is 7.39. The molecule has 2 N–H and O–H groups in total. The third-order valence-corrected chi connectivity index (χ3v) is 5.72. The molecule has 3 amide bonds. The molecule has 9 heteroatoms. The van der Waals surface area contributed by atoms with Gasteiger partial charge in [0.25, 0.3) is 0 Å². The third-order valence-electron chi connectivity index (χ3n) is 4.78. The Balaban J connectivity index is 2.02. The lowest BCUT2D eigenvalue weighted by Crippen LogP contribution is -2.40. The summed E-state index contributed by atoms with van der Waals surface area (Å²) < 4.78 is 5.40. The van der Waals surface area contributed by atoms with Crippen molar-refractivity contribution >= 4 is 35.3 Å². The van der Waals surface area contributed by atoms with Gasteiger partial charge in [-0.15, -0.1) is 0 Å². The molecule has 8 nitrogen and oxygen atoms in total. The van der Waals surface area contributed by atoms with Crippen molar-refractivity contribution in [2.45, 2.75) is 64.0 Å². The number of ether oxygens (including phenoxy) is 1. The van der Waals surface area contributed by atoms with Gasteiger partial charge in [-0.1, -0.05) is 20.3 Å². The molecule has 29 heavy (non-hydrogen) atoms. The fourth-order valence-electron chi connectivity index (χ4n) is 3.05. The Morgan fingerprint density at radius 1 is 1.24 bits per heavy atom. The van der Waals surface area contributed by atoms with Crippen LogP contribution < -0.4 is 10.9 Å². The molecular formula is C20H35N3O5S. The van der Waals surface area contributed by atoms with E-state index >= 15 is 0 Å². The van der Waals surface area contributed by atoms with Crippen LogP contribution in [-0.2, 0) is 23.9 Å². The Morgan fingerprint density at radius 2 is 2.00 bits per heavy atom. The molecule has 1 fully saturated rings. The lowest BCUT2D eigenvalue weighted by molar-refractivity contribution is -0.138. The van der Waals surface area contributed by atoms with E-state index in [1.165, 1.54) is 16.7 Å². The first-order chi connectivity index (χ1) is 13.9. The first-order valence-corrected chi connectivity index (χ1v) is 11.7. The Morgan fingerprint density at radius 3 is 2.66 bits per heavy atom. The van der Waals surface area contributed by atoms with Gasteiger partial charge in [-0.05, 0) is 25.0 Å². The van der Waals surface area contributed by atoms with Crippen molar-refractivity contribution in [3.8, 4) is 0 Å². The predicted molar refractivity (Wildman–Crippen MR) is 113 cm³/mol. The van der Waals surface area contributed by atoms with Crippen LogP contribution in [-0.4, -0.2) is 66.2 Å². The van der Waals surface area contributed by atoms with Crippen molar-refractivity contribution in [2.24, 2.45) is 5.92 Å². The summed E-state index contributed by atoms with van der Waals surface area (Å²) >= 11 is 1.37. The van der Waals surface area contributed by atoms with E-state index in [4.69, 9.17) is 4.74 Å². The van der Waals surface area contributed by atoms with Crippen molar-refractivity contribution in [3.05, 3.63) is 0 Å². The van der Waals surface area contributed by atoms with Gasteiger partial charge in [-0.3, -0.25) is 29.5 Å². The summed E-state index contributed by atoms with van der Waals surface area (Å²) in [6, 6.07) is 0. The summed E-state index contributed by atoms with van der Waals surface area (Å²) in [5, 5.41) is -0.307. The highest BCUT2D eigenvalue weighted by Gasteiger charge is 2.37. The zero-order valence-corrected chi connectivity index (χ0v) is 18.6. The van der Waals surface area contributed by atoms with Crippen molar-refractivity contribution in [3.63, 3.8) is 0 Å². The van der Waals surface area contributed by atoms with E-state index in [-0.39, 0.29) is 54.6 Å². The van der Waals surface area contributed by atoms with E-state index < -0.39 is 0 Å². The van der Waals surface area contributed by atoms with Gasteiger partial charge >= 0.3 is 0 Å². The number of rotatable bonds is 16. The normalized spacial score (nSPS) is 17.6. The van der Waals surface area contributed by atoms with Crippen LogP contribution in [0.5, 0.6) is 0 Å². The lowest BCUT2D eigenvalue weighted by Gasteiger charge is -2.13. The fourth-order valence-corrected chi connectivity index (χ4v) is 3.69. The fraction of sp³-hybridized carbons (Fsp3) is 0.800. The standard InChI is InChI=1S/C20H35N3O5S/c1-4-6-15(2)14-21-22-18(25)9-12-28-11-5-7-16(24)8-10-23-19(26)13-17(29-3)20(23)27/h15,17,21H,4-14H2,1-3H3,(H,22,25). The van der Waals surface area contributed by atoms with Gasteiger partial charge in [-0.2, -0.15) is 11.8 Å². The summed E-state index contributed by atoms with van der Waals surface area (Å²) in [5.41, 5.74) is 5.59. The van der Waals surface area contributed by atoms with Crippen LogP contribution in [0.4, 0.5) is 0 Å². The minimum Gasteiger partial charge on any atom is -0.381 e. The molecule has 0 spiro atoms. The van der Waals surface area contributed by atoms with Crippen molar-refractivity contribution in [2.75, 3.05) is 32.6 Å². The Bertz CT molecular complexity index is 558. The van der Waals surface area contributed by atoms with Crippen molar-refractivity contribution in [1.82, 2.24) is 15.8 Å². The zero-order chi connectivity index (χ0) is 21.6. The average Bonchev–Trinajstić information content (AvgIpc) is 2.96. The molecule has 0 radical (unpaired) electrons. The van der Waals surface area contributed by atoms with Crippen molar-refractivity contribution < 1.29 is 23.9 Å². The number of Topliss-reactive ketones (excluding diaryl/α,β-unsaturated/α-hetero) is 1. The molecular weight excluding hydrogens is 394 g/mol. The number of likely N-dealkylation sites (tertiary alicyclic amines) is 1. The number of hydrogen-bond donors (Lipinski definition) is 2. The van der Waals surface area contributed by atoms with Gasteiger partial charge in [0.05, 0.1) is 18.3 Å². The molecule has 1 heterocycles. The first-order valence-electron chi connectivity index (χ1n) is 10.4. The number of carbonyl (C=O) groups excluding carboxylic acids is 4. The molecule has 1 saturated heterocycles. The molecule has 0 aliphatic carbocycles. The lowest BCUT2D eigenvalue weighted by atomic mass is 10.1. The number of amides is 3. The second kappa shape index (κ2) is 14.5. The summed E-state index contributed by atoms with van der Waals surface area (Å²) in [6.45, 7) is 5.88. The number of ketones is 1. The van der Waals surface area contributed by atoms with Crippen LogP contribution >= 0.6 is 11.8 Å². The van der Waals surface area contributed by atoms with Gasteiger partial charge in [0.1, 0.15) is 5.78 Å². The summed E-state index contributed by atoms with van der Waals surface area (Å²) in [7, 11) is 0. The molecule has 0 bridgehead atoms. The summed E-state index contributed by atoms with van der Waals surface area (Å²) in [6.07, 6.45) is 5.62. The molecule has 1 aliphatic heterocycles. The van der Waals surface area contributed by atoms with Gasteiger partial charge in [-0.25, -0.2) is 5.43 Å². The second-order valence-corrected chi connectivity index (χ2v) is 8.43. The minimum atomic E-state index is -0.307. The smallest absolute Gasteiger partial charge is 0.242 e. The van der Waals surface area contributed by atoms with Gasteiger partial charge in [0.2, 0.25) is 17.7 Å². The highest BCUT2D eigenvalue weighted by Crippen LogP contribution is 2.23. The van der Waals surface area contributed by atoms with E-state index in [1.807, 2.05) is 0 Å². The molecule has 1 aliphatic rings. The Labute approximate surface area is 177 Å². The van der Waals surface area contributed by atoms with Crippen LogP contribution in [0.1, 0.15) is 58.8 Å². The monoisotopic (exact) mass is 429 g/mol. The molecule has 2 atom stereocenters. The highest BCUT2D eigenvalue weighted by atomic mass is 32.2. The third kappa shape index (κ3) is 10.2. The van der Waals surface area contributed by atoms with Gasteiger partial charge in [0.15, 0.2) is 0 Å². The van der Waals surface area contributed by atoms with Gasteiger partial charge in [0, 0.05) is 39.0 Å². The number of imide groups is 1. The van der Waals surface area contributed by atoms with Crippen LogP contribution in [0.15, 0.2) is 0 Å². The Hall–Kier alpha value is -1.45. The first kappa shape index (κ1) is 25.6. The number of thioether (sulfide) groups is 1. The van der Waals surface area contributed by atoms with Crippen LogP contribution in [0.2, 0.25) is 0 Å². The van der Waals surface area contributed by atoms with E-state index in [0.717, 1.165) is 19.4 Å². The molecule has 0 saturated carbocycles. The Kier molecular flexibility index (Phi) is 12.8. The number of carbonyl (C=O) groups is 4. The highest BCUT2D eigenvalue weighted by molar-refractivity contribution is 8.00. The zero-order valence-electron chi connectivity index (χ0n) is 17.8. The van der Waals surface area contributed by atoms with E-state index in [2.05, 4.69) is 24.7 Å². The summed E-state index contributed by atoms with van der Waals surface area (Å²) in [5.74, 6) is 0.0188. The van der Waals surface area contributed by atoms with Crippen LogP contribution in [0.25, 0.3) is 0 Å². The largest absolute Gasteiger partial charge is 0.381 e. The predicted octanol–water partition coefficient (Wildman–Crippen LogP) is 1.68. The number of nitrogens with zero attached hydrogens (tertiary/aromatic N) is 1. The molecule has 166 valence electrons. The van der Waals surface area contributed by atoms with Gasteiger partial charge < -0.3 is 4.74 Å². The quantitative estimate of drug-likeness (QED) is 0.218. The van der Waals surface area contributed by atoms with Crippen LogP contribution in [0.3, 0.4) is 0 Å². The molecule has 0 aromatic heterocycles. The average molecular weight is 430 g/mol. The number of hydrazine groups is 1. The van der Waals surface area contributed by atoms with E-state index in [9.17, 15) is 19.2 Å². The molecule has 0 aromatic rings. The maximum atomic E-state index is 12.0. The SMILES string of the molecule is CCCC(C)CNNC(=O)CCOCCCC(=O)CCN1C(=O)CC(SC)C1=O. The maximum absolute atomic E-state index is 12.0. The molecule has 1 rings (SSSR count). The van der Waals surface area contributed by atoms with Crippen LogP contribution in [0, 0.1) is 5.92 Å².